The normalized spacial score (nSPS) is 22.4. The number of benzene rings is 3. The molecule has 48 heavy (non-hydrogen) atoms. The van der Waals surface area contributed by atoms with Crippen molar-refractivity contribution in [1.82, 2.24) is 4.90 Å². The van der Waals surface area contributed by atoms with E-state index in [0.29, 0.717) is 62.1 Å². The van der Waals surface area contributed by atoms with Crippen molar-refractivity contribution in [2.24, 2.45) is 0 Å². The number of carboxylic acid groups (broad SMARTS) is 1. The summed E-state index contributed by atoms with van der Waals surface area (Å²) in [6, 6.07) is 11.5. The molecule has 1 spiro atoms. The van der Waals surface area contributed by atoms with E-state index in [1.54, 1.807) is 30.3 Å². The number of fused-ring (bicyclic) bond motifs is 3. The number of carboxylic acids is 1. The Bertz CT molecular complexity index is 1740. The van der Waals surface area contributed by atoms with Gasteiger partial charge in [-0.05, 0) is 43.5 Å². The van der Waals surface area contributed by atoms with E-state index in [-0.39, 0.29) is 57.6 Å². The number of morpholine rings is 1. The lowest BCUT2D eigenvalue weighted by molar-refractivity contribution is -0.276. The molecule has 5 aliphatic rings. The number of ether oxygens (including phenoxy) is 4. The van der Waals surface area contributed by atoms with Crippen LogP contribution < -0.4 is 14.5 Å². The molecule has 254 valence electrons. The zero-order valence-corrected chi connectivity index (χ0v) is 27.4. The van der Waals surface area contributed by atoms with Crippen molar-refractivity contribution in [3.63, 3.8) is 0 Å². The van der Waals surface area contributed by atoms with Gasteiger partial charge in [0, 0.05) is 22.4 Å². The lowest BCUT2D eigenvalue weighted by Gasteiger charge is -2.51. The molecular formula is C34H34Cl2FN3O8. The molecular weight excluding hydrogens is 668 g/mol. The molecule has 5 aliphatic heterocycles. The van der Waals surface area contributed by atoms with E-state index in [4.69, 9.17) is 42.1 Å². The van der Waals surface area contributed by atoms with Crippen LogP contribution in [0.25, 0.3) is 11.1 Å². The van der Waals surface area contributed by atoms with Crippen LogP contribution in [0.2, 0.25) is 10.0 Å². The van der Waals surface area contributed by atoms with Gasteiger partial charge in [-0.2, -0.15) is 0 Å². The van der Waals surface area contributed by atoms with E-state index >= 15 is 4.39 Å². The van der Waals surface area contributed by atoms with Crippen molar-refractivity contribution in [3.05, 3.63) is 75.0 Å². The van der Waals surface area contributed by atoms with Crippen LogP contribution in [0, 0.1) is 5.82 Å². The van der Waals surface area contributed by atoms with E-state index in [2.05, 4.69) is 4.90 Å². The maximum atomic E-state index is 15.7. The molecule has 0 saturated carbocycles. The van der Waals surface area contributed by atoms with Crippen molar-refractivity contribution >= 4 is 46.5 Å². The zero-order chi connectivity index (χ0) is 32.4. The number of amides is 1. The van der Waals surface area contributed by atoms with Gasteiger partial charge in [-0.1, -0.05) is 41.4 Å². The number of carbonyl (C=O) groups is 2. The summed E-state index contributed by atoms with van der Waals surface area (Å²) in [5, 5.41) is 10.4. The van der Waals surface area contributed by atoms with Gasteiger partial charge >= 0.3 is 5.97 Å². The first kappa shape index (κ1) is 32.9. The van der Waals surface area contributed by atoms with E-state index in [1.807, 2.05) is 11.0 Å². The summed E-state index contributed by atoms with van der Waals surface area (Å²) in [4.78, 5) is 31.6. The third kappa shape index (κ3) is 5.54. The van der Waals surface area contributed by atoms with Crippen molar-refractivity contribution in [2.75, 3.05) is 56.0 Å². The van der Waals surface area contributed by atoms with Gasteiger partial charge in [0.15, 0.2) is 6.73 Å². The molecule has 2 unspecified atom stereocenters. The minimum absolute atomic E-state index is 0. The fourth-order valence-electron chi connectivity index (χ4n) is 7.41. The van der Waals surface area contributed by atoms with Crippen LogP contribution >= 0.6 is 23.2 Å². The number of nitrogens with zero attached hydrogens (tertiary/aromatic N) is 3. The number of hydrogen-bond acceptors (Lipinski definition) is 8. The van der Waals surface area contributed by atoms with E-state index < -0.39 is 23.5 Å². The summed E-state index contributed by atoms with van der Waals surface area (Å²) in [7, 11) is 0. The monoisotopic (exact) mass is 701 g/mol. The van der Waals surface area contributed by atoms with Gasteiger partial charge < -0.3 is 44.2 Å². The van der Waals surface area contributed by atoms with Gasteiger partial charge in [-0.3, -0.25) is 4.79 Å². The number of rotatable bonds is 5. The van der Waals surface area contributed by atoms with Gasteiger partial charge in [-0.25, -0.2) is 9.18 Å². The second kappa shape index (κ2) is 12.7. The highest BCUT2D eigenvalue weighted by atomic mass is 35.5. The van der Waals surface area contributed by atoms with Crippen molar-refractivity contribution in [3.8, 4) is 16.9 Å². The van der Waals surface area contributed by atoms with Crippen LogP contribution in [-0.4, -0.2) is 91.5 Å². The van der Waals surface area contributed by atoms with E-state index in [9.17, 15) is 14.7 Å². The Labute approximate surface area is 285 Å². The molecule has 4 saturated heterocycles. The quantitative estimate of drug-likeness (QED) is 0.391. The standard InChI is InChI=1S/C34H32Cl2FN3O7.H2O/c35-26-9-22(39-16-34(17-39)46-7-2-8-47-34)10-27(36)30(26)32(41)38-13-19-3-1-4-23(31(19)45-18-38)24-12-29(25(33(42)43)11-28(24)37)40-20-5-6-21(40)15-44-14-20;/h1,3-4,9-12,20-21H,2,5-8,13-18H2,(H,42,43);1H2. The number of anilines is 2. The fourth-order valence-corrected chi connectivity index (χ4v) is 8.05. The van der Waals surface area contributed by atoms with Crippen molar-refractivity contribution in [1.29, 1.82) is 0 Å². The Morgan fingerprint density at radius 3 is 2.31 bits per heavy atom. The molecule has 0 aliphatic carbocycles. The summed E-state index contributed by atoms with van der Waals surface area (Å²) in [5.41, 5.74) is 2.69. The topological polar surface area (TPSA) is 133 Å². The molecule has 3 N–H and O–H groups in total. The van der Waals surface area contributed by atoms with Gasteiger partial charge in [0.1, 0.15) is 11.6 Å². The number of hydrogen-bond donors (Lipinski definition) is 1. The van der Waals surface area contributed by atoms with Crippen LogP contribution in [0.1, 0.15) is 45.5 Å². The Morgan fingerprint density at radius 1 is 0.958 bits per heavy atom. The van der Waals surface area contributed by atoms with Gasteiger partial charge in [0.25, 0.3) is 5.91 Å². The zero-order valence-electron chi connectivity index (χ0n) is 25.8. The molecule has 2 atom stereocenters. The highest BCUT2D eigenvalue weighted by molar-refractivity contribution is 6.40. The highest BCUT2D eigenvalue weighted by Crippen LogP contribution is 2.44. The summed E-state index contributed by atoms with van der Waals surface area (Å²) < 4.78 is 39.2. The van der Waals surface area contributed by atoms with Crippen LogP contribution in [0.3, 0.4) is 0 Å². The summed E-state index contributed by atoms with van der Waals surface area (Å²) in [5.74, 6) is -2.43. The number of carbonyl (C=O) groups excluding carboxylic acids is 1. The summed E-state index contributed by atoms with van der Waals surface area (Å²) >= 11 is 13.3. The summed E-state index contributed by atoms with van der Waals surface area (Å²) in [6.07, 6.45) is 2.63. The first-order valence-corrected chi connectivity index (χ1v) is 16.5. The van der Waals surface area contributed by atoms with Gasteiger partial charge in [-0.15, -0.1) is 0 Å². The van der Waals surface area contributed by atoms with E-state index in [0.717, 1.165) is 31.0 Å². The molecule has 0 radical (unpaired) electrons. The molecule has 2 bridgehead atoms. The van der Waals surface area contributed by atoms with E-state index in [1.165, 1.54) is 4.90 Å². The average Bonchev–Trinajstić information content (AvgIpc) is 3.29. The lowest BCUT2D eigenvalue weighted by Crippen LogP contribution is -2.66. The SMILES string of the molecule is O.O=C(O)c1cc(F)c(-c2cccc3c2OCN(C(=O)c2c(Cl)cc(N4CC5(C4)OCCCO5)cc2Cl)C3)cc1N1C2CCC1COC2. The Hall–Kier alpha value is -3.65. The minimum atomic E-state index is -1.19. The lowest BCUT2D eigenvalue weighted by atomic mass is 9.96. The molecule has 8 rings (SSSR count). The minimum Gasteiger partial charge on any atom is -0.478 e. The molecule has 3 aromatic carbocycles. The maximum absolute atomic E-state index is 15.7. The molecule has 5 heterocycles. The summed E-state index contributed by atoms with van der Waals surface area (Å²) in [6.45, 7) is 3.46. The Morgan fingerprint density at radius 2 is 1.65 bits per heavy atom. The predicted molar refractivity (Wildman–Crippen MR) is 176 cm³/mol. The third-order valence-electron chi connectivity index (χ3n) is 9.72. The molecule has 14 heteroatoms. The smallest absolute Gasteiger partial charge is 0.337 e. The second-order valence-electron chi connectivity index (χ2n) is 12.7. The number of halogens is 3. The Kier molecular flexibility index (Phi) is 8.67. The van der Waals surface area contributed by atoms with Gasteiger partial charge in [0.2, 0.25) is 5.79 Å². The Balaban J connectivity index is 0.00000364. The number of para-hydroxylation sites is 1. The van der Waals surface area contributed by atoms with Crippen LogP contribution in [0.15, 0.2) is 42.5 Å². The second-order valence-corrected chi connectivity index (χ2v) is 13.5. The molecule has 4 fully saturated rings. The largest absolute Gasteiger partial charge is 0.478 e. The first-order chi connectivity index (χ1) is 22.7. The van der Waals surface area contributed by atoms with Gasteiger partial charge in [0.05, 0.1) is 85.0 Å². The van der Waals surface area contributed by atoms with Crippen molar-refractivity contribution < 1.29 is 43.5 Å². The fraction of sp³-hybridized carbons (Fsp3) is 0.412. The highest BCUT2D eigenvalue weighted by Gasteiger charge is 2.47. The van der Waals surface area contributed by atoms with Crippen LogP contribution in [0.4, 0.5) is 15.8 Å². The predicted octanol–water partition coefficient (Wildman–Crippen LogP) is 4.99. The third-order valence-corrected chi connectivity index (χ3v) is 10.3. The molecule has 11 nitrogen and oxygen atoms in total. The maximum Gasteiger partial charge on any atom is 0.337 e. The van der Waals surface area contributed by atoms with Crippen LogP contribution in [0.5, 0.6) is 5.75 Å². The first-order valence-electron chi connectivity index (χ1n) is 15.7. The average molecular weight is 703 g/mol. The molecule has 0 aromatic heterocycles. The molecule has 1 amide bonds. The number of aromatic carboxylic acids is 1. The van der Waals surface area contributed by atoms with Crippen LogP contribution in [-0.2, 0) is 20.8 Å². The molecule has 3 aromatic rings. The van der Waals surface area contributed by atoms with Crippen molar-refractivity contribution in [2.45, 2.75) is 43.7 Å².